The molecule has 0 rings (SSSR count). The van der Waals surface area contributed by atoms with Crippen LogP contribution in [-0.2, 0) is 9.53 Å². The van der Waals surface area contributed by atoms with Crippen molar-refractivity contribution in [1.29, 1.82) is 0 Å². The van der Waals surface area contributed by atoms with Crippen LogP contribution in [0, 0.1) is 0 Å². The van der Waals surface area contributed by atoms with Crippen molar-refractivity contribution in [2.24, 2.45) is 16.5 Å². The number of guanidine groups is 1. The van der Waals surface area contributed by atoms with Gasteiger partial charge in [-0.05, 0) is 13.8 Å². The van der Waals surface area contributed by atoms with Crippen LogP contribution in [0.5, 0.6) is 0 Å². The lowest BCUT2D eigenvalue weighted by atomic mass is 10.4. The molecule has 20 heavy (non-hydrogen) atoms. The lowest BCUT2D eigenvalue weighted by Gasteiger charge is -2.20. The van der Waals surface area contributed by atoms with Gasteiger partial charge in [-0.25, -0.2) is 9.59 Å². The lowest BCUT2D eigenvalue weighted by Crippen LogP contribution is -2.42. The van der Waals surface area contributed by atoms with Crippen molar-refractivity contribution < 1.29 is 14.3 Å². The Kier molecular flexibility index (Phi) is 8.56. The highest BCUT2D eigenvalue weighted by Crippen LogP contribution is 1.92. The third-order valence-electron chi connectivity index (χ3n) is 2.29. The third-order valence-corrected chi connectivity index (χ3v) is 2.29. The molecule has 0 saturated carbocycles. The highest BCUT2D eigenvalue weighted by atomic mass is 16.5. The summed E-state index contributed by atoms with van der Waals surface area (Å²) in [6, 6.07) is -0.260. The second-order valence-electron chi connectivity index (χ2n) is 4.03. The third kappa shape index (κ3) is 7.96. The summed E-state index contributed by atoms with van der Waals surface area (Å²) in [4.78, 5) is 28.2. The molecule has 2 amide bonds. The fourth-order valence-electron chi connectivity index (χ4n) is 1.24. The number of hydrogen-bond acceptors (Lipinski definition) is 4. The van der Waals surface area contributed by atoms with Gasteiger partial charge in [0.1, 0.15) is 6.61 Å². The van der Waals surface area contributed by atoms with Gasteiger partial charge in [-0.15, -0.1) is 0 Å². The minimum absolute atomic E-state index is 0.00633. The van der Waals surface area contributed by atoms with Gasteiger partial charge in [-0.1, -0.05) is 6.58 Å². The molecule has 0 aromatic heterocycles. The van der Waals surface area contributed by atoms with Crippen LogP contribution in [-0.4, -0.2) is 55.6 Å². The normalized spacial score (nSPS) is 9.50. The van der Waals surface area contributed by atoms with Crippen molar-refractivity contribution in [3.05, 3.63) is 12.2 Å². The number of amides is 2. The van der Waals surface area contributed by atoms with Crippen LogP contribution in [0.25, 0.3) is 0 Å². The molecule has 0 aliphatic heterocycles. The zero-order valence-corrected chi connectivity index (χ0v) is 12.0. The van der Waals surface area contributed by atoms with Crippen LogP contribution >= 0.6 is 0 Å². The van der Waals surface area contributed by atoms with E-state index in [2.05, 4.69) is 16.9 Å². The maximum Gasteiger partial charge on any atom is 0.333 e. The van der Waals surface area contributed by atoms with Crippen LogP contribution in [0.2, 0.25) is 0 Å². The average Bonchev–Trinajstić information content (AvgIpc) is 2.38. The second-order valence-corrected chi connectivity index (χ2v) is 4.03. The van der Waals surface area contributed by atoms with Crippen molar-refractivity contribution in [1.82, 2.24) is 10.2 Å². The van der Waals surface area contributed by atoms with Gasteiger partial charge < -0.3 is 26.4 Å². The number of nitrogens with two attached hydrogens (primary N) is 2. The predicted molar refractivity (Wildman–Crippen MR) is 77.1 cm³/mol. The summed E-state index contributed by atoms with van der Waals surface area (Å²) in [5.74, 6) is -0.479. The summed E-state index contributed by atoms with van der Waals surface area (Å²) in [6.45, 7) is 8.47. The Bertz CT molecular complexity index is 377. The van der Waals surface area contributed by atoms with Crippen molar-refractivity contribution in [2.75, 3.05) is 32.8 Å². The highest BCUT2D eigenvalue weighted by Gasteiger charge is 2.10. The molecule has 5 N–H and O–H groups in total. The fourth-order valence-corrected chi connectivity index (χ4v) is 1.24. The Morgan fingerprint density at radius 3 is 2.55 bits per heavy atom. The summed E-state index contributed by atoms with van der Waals surface area (Å²) in [5, 5.41) is 2.64. The molecule has 0 saturated heterocycles. The SMILES string of the molecule is C=C(C)C(=O)OCCNC(=O)N(CC)CCN=C(N)N. The van der Waals surface area contributed by atoms with Gasteiger partial charge in [0.15, 0.2) is 5.96 Å². The van der Waals surface area contributed by atoms with Crippen LogP contribution < -0.4 is 16.8 Å². The van der Waals surface area contributed by atoms with Crippen molar-refractivity contribution in [3.8, 4) is 0 Å². The van der Waals surface area contributed by atoms with Gasteiger partial charge in [-0.3, -0.25) is 4.99 Å². The molecule has 0 aromatic carbocycles. The number of ether oxygens (including phenoxy) is 1. The van der Waals surface area contributed by atoms with E-state index in [0.29, 0.717) is 25.2 Å². The number of urea groups is 1. The van der Waals surface area contributed by atoms with E-state index in [1.807, 2.05) is 6.92 Å². The molecular weight excluding hydrogens is 262 g/mol. The number of nitrogens with one attached hydrogen (secondary N) is 1. The van der Waals surface area contributed by atoms with Gasteiger partial charge in [0, 0.05) is 18.7 Å². The Hall–Kier alpha value is -2.25. The molecule has 0 aromatic rings. The number of carbonyl (C=O) groups excluding carboxylic acids is 2. The van der Waals surface area contributed by atoms with E-state index in [-0.39, 0.29) is 25.1 Å². The van der Waals surface area contributed by atoms with Gasteiger partial charge in [0.05, 0.1) is 13.1 Å². The number of esters is 1. The summed E-state index contributed by atoms with van der Waals surface area (Å²) < 4.78 is 4.85. The number of aliphatic imine (C=N–C) groups is 1. The Labute approximate surface area is 118 Å². The van der Waals surface area contributed by atoms with E-state index in [1.54, 1.807) is 11.8 Å². The smallest absolute Gasteiger partial charge is 0.333 e. The van der Waals surface area contributed by atoms with E-state index in [0.717, 1.165) is 0 Å². The lowest BCUT2D eigenvalue weighted by molar-refractivity contribution is -0.138. The maximum absolute atomic E-state index is 11.8. The van der Waals surface area contributed by atoms with Crippen molar-refractivity contribution in [3.63, 3.8) is 0 Å². The monoisotopic (exact) mass is 285 g/mol. The number of nitrogens with zero attached hydrogens (tertiary/aromatic N) is 2. The first-order valence-electron chi connectivity index (χ1n) is 6.29. The molecular formula is C12H23N5O3. The van der Waals surface area contributed by atoms with Gasteiger partial charge >= 0.3 is 12.0 Å². The zero-order valence-electron chi connectivity index (χ0n) is 12.0. The fraction of sp³-hybridized carbons (Fsp3) is 0.583. The van der Waals surface area contributed by atoms with Crippen molar-refractivity contribution in [2.45, 2.75) is 13.8 Å². The number of carbonyl (C=O) groups is 2. The largest absolute Gasteiger partial charge is 0.460 e. The predicted octanol–water partition coefficient (Wildman–Crippen LogP) is -0.589. The van der Waals surface area contributed by atoms with Crippen LogP contribution in [0.15, 0.2) is 17.1 Å². The first kappa shape index (κ1) is 17.8. The summed E-state index contributed by atoms with van der Waals surface area (Å²) in [6.07, 6.45) is 0. The molecule has 0 aliphatic rings. The van der Waals surface area contributed by atoms with E-state index >= 15 is 0 Å². The first-order valence-corrected chi connectivity index (χ1v) is 6.29. The maximum atomic E-state index is 11.8. The Morgan fingerprint density at radius 2 is 2.05 bits per heavy atom. The van der Waals surface area contributed by atoms with Gasteiger partial charge in [0.25, 0.3) is 0 Å². The first-order chi connectivity index (χ1) is 9.38. The topological polar surface area (TPSA) is 123 Å². The average molecular weight is 285 g/mol. The van der Waals surface area contributed by atoms with Crippen LogP contribution in [0.1, 0.15) is 13.8 Å². The zero-order chi connectivity index (χ0) is 15.5. The van der Waals surface area contributed by atoms with E-state index in [4.69, 9.17) is 16.2 Å². The molecule has 8 nitrogen and oxygen atoms in total. The van der Waals surface area contributed by atoms with Crippen LogP contribution in [0.4, 0.5) is 4.79 Å². The molecule has 8 heteroatoms. The second kappa shape index (κ2) is 9.65. The molecule has 0 atom stereocenters. The summed E-state index contributed by atoms with van der Waals surface area (Å²) in [5.41, 5.74) is 10.7. The van der Waals surface area contributed by atoms with Crippen LogP contribution in [0.3, 0.4) is 0 Å². The Balaban J connectivity index is 3.95. The highest BCUT2D eigenvalue weighted by molar-refractivity contribution is 5.86. The molecule has 0 spiro atoms. The molecule has 0 unspecified atom stereocenters. The molecule has 0 radical (unpaired) electrons. The van der Waals surface area contributed by atoms with E-state index < -0.39 is 5.97 Å². The van der Waals surface area contributed by atoms with Crippen molar-refractivity contribution >= 4 is 18.0 Å². The summed E-state index contributed by atoms with van der Waals surface area (Å²) >= 11 is 0. The quantitative estimate of drug-likeness (QED) is 0.181. The molecule has 0 aliphatic carbocycles. The van der Waals surface area contributed by atoms with E-state index in [9.17, 15) is 9.59 Å². The number of hydrogen-bond donors (Lipinski definition) is 3. The number of rotatable bonds is 8. The molecule has 0 fully saturated rings. The minimum Gasteiger partial charge on any atom is -0.460 e. The molecule has 0 bridgehead atoms. The Morgan fingerprint density at radius 1 is 1.40 bits per heavy atom. The van der Waals surface area contributed by atoms with Gasteiger partial charge in [0.2, 0.25) is 0 Å². The molecule has 114 valence electrons. The standard InChI is InChI=1S/C12H23N5O3/c1-4-17(7-5-15-11(13)14)12(19)16-6-8-20-10(18)9(2)3/h2,4-8H2,1,3H3,(H,16,19)(H4,13,14,15). The minimum atomic E-state index is -0.473. The summed E-state index contributed by atoms with van der Waals surface area (Å²) in [7, 11) is 0. The van der Waals surface area contributed by atoms with E-state index in [1.165, 1.54) is 0 Å². The molecule has 0 heterocycles. The number of likely N-dealkylation sites (N-methyl/N-ethyl adjacent to an activating group) is 1. The van der Waals surface area contributed by atoms with Gasteiger partial charge in [-0.2, -0.15) is 0 Å².